The molecule has 0 aliphatic carbocycles. The van der Waals surface area contributed by atoms with Gasteiger partial charge in [-0.2, -0.15) is 0 Å². The van der Waals surface area contributed by atoms with Crippen molar-refractivity contribution in [3.8, 4) is 0 Å². The van der Waals surface area contributed by atoms with Crippen LogP contribution in [0.4, 0.5) is 0 Å². The van der Waals surface area contributed by atoms with Gasteiger partial charge in [0.1, 0.15) is 0 Å². The lowest BCUT2D eigenvalue weighted by Crippen LogP contribution is -2.01. The Morgan fingerprint density at radius 3 is 3.08 bits per heavy atom. The lowest BCUT2D eigenvalue weighted by molar-refractivity contribution is 0.976. The first kappa shape index (κ1) is 5.38. The van der Waals surface area contributed by atoms with Gasteiger partial charge in [-0.15, -0.1) is 0 Å². The molecule has 62 valence electrons. The summed E-state index contributed by atoms with van der Waals surface area (Å²) in [5.41, 5.74) is 7.28. The first-order chi connectivity index (χ1) is 6.56. The van der Waals surface area contributed by atoms with Crippen molar-refractivity contribution in [1.82, 2.24) is 4.98 Å². The zero-order valence-corrected chi connectivity index (χ0v) is 6.67. The molecule has 12 heavy (non-hydrogen) atoms. The van der Waals surface area contributed by atoms with Gasteiger partial charge in [-0.05, 0) is 24.5 Å². The summed E-state index contributed by atoms with van der Waals surface area (Å²) >= 11 is 0. The molecule has 1 aromatic heterocycles. The number of hydrogen-bond acceptors (Lipinski definition) is 1. The van der Waals surface area contributed by atoms with E-state index in [1.807, 2.05) is 30.5 Å². The predicted octanol–water partition coefficient (Wildman–Crippen LogP) is 1.67. The molecule has 0 aliphatic heterocycles. The van der Waals surface area contributed by atoms with Gasteiger partial charge < -0.3 is 10.7 Å². The van der Waals surface area contributed by atoms with E-state index in [1.165, 1.54) is 0 Å². The largest absolute Gasteiger partial charge is 0.361 e. The van der Waals surface area contributed by atoms with E-state index < -0.39 is 6.50 Å². The molecular formula is C10H12N2. The van der Waals surface area contributed by atoms with Gasteiger partial charge in [-0.1, -0.05) is 18.2 Å². The van der Waals surface area contributed by atoms with Crippen LogP contribution in [0.5, 0.6) is 0 Å². The van der Waals surface area contributed by atoms with Gasteiger partial charge >= 0.3 is 0 Å². The molecular weight excluding hydrogens is 148 g/mol. The number of aromatic nitrogens is 1. The Morgan fingerprint density at radius 1 is 1.42 bits per heavy atom. The van der Waals surface area contributed by atoms with Gasteiger partial charge in [-0.25, -0.2) is 0 Å². The minimum Gasteiger partial charge on any atom is -0.361 e. The van der Waals surface area contributed by atoms with Crippen molar-refractivity contribution in [2.24, 2.45) is 5.73 Å². The molecule has 0 saturated heterocycles. The number of fused-ring (bicyclic) bond motifs is 1. The van der Waals surface area contributed by atoms with E-state index in [0.29, 0.717) is 0 Å². The van der Waals surface area contributed by atoms with Crippen molar-refractivity contribution in [2.45, 2.75) is 6.42 Å². The molecule has 0 radical (unpaired) electrons. The van der Waals surface area contributed by atoms with Gasteiger partial charge in [0.05, 0.1) is 0 Å². The second-order valence-electron chi connectivity index (χ2n) is 2.74. The number of nitrogens with one attached hydrogen (secondary N) is 1. The van der Waals surface area contributed by atoms with Crippen LogP contribution in [0.1, 0.15) is 8.30 Å². The van der Waals surface area contributed by atoms with Crippen LogP contribution in [-0.4, -0.2) is 11.5 Å². The zero-order chi connectivity index (χ0) is 10.2. The van der Waals surface area contributed by atoms with Crippen LogP contribution in [0.15, 0.2) is 30.5 Å². The van der Waals surface area contributed by atoms with Crippen LogP contribution in [0, 0.1) is 0 Å². The molecule has 1 aromatic carbocycles. The Bertz CT molecular complexity index is 443. The molecule has 0 aliphatic rings. The molecule has 0 saturated carbocycles. The molecule has 0 unspecified atom stereocenters. The second kappa shape index (κ2) is 2.99. The van der Waals surface area contributed by atoms with E-state index in [1.54, 1.807) is 0 Å². The van der Waals surface area contributed by atoms with Gasteiger partial charge in [0.2, 0.25) is 0 Å². The summed E-state index contributed by atoms with van der Waals surface area (Å²) in [6.45, 7) is -1.65. The highest BCUT2D eigenvalue weighted by Crippen LogP contribution is 2.17. The van der Waals surface area contributed by atoms with Gasteiger partial charge in [-0.3, -0.25) is 0 Å². The maximum absolute atomic E-state index is 7.31. The highest BCUT2D eigenvalue weighted by Gasteiger charge is 1.99. The van der Waals surface area contributed by atoms with Crippen LogP contribution < -0.4 is 5.73 Å². The molecule has 0 atom stereocenters. The van der Waals surface area contributed by atoms with E-state index in [0.717, 1.165) is 16.5 Å². The van der Waals surface area contributed by atoms with Crippen LogP contribution >= 0.6 is 0 Å². The average molecular weight is 162 g/mol. The number of aryl methyl sites for hydroxylation is 1. The minimum absolute atomic E-state index is 0.233. The summed E-state index contributed by atoms with van der Waals surface area (Å²) in [6.07, 6.45) is 2.05. The minimum atomic E-state index is -1.65. The molecule has 3 N–H and O–H groups in total. The van der Waals surface area contributed by atoms with E-state index >= 15 is 0 Å². The number of para-hydroxylation sites is 1. The molecule has 0 amide bonds. The lowest BCUT2D eigenvalue weighted by Gasteiger charge is -1.93. The van der Waals surface area contributed by atoms with Gasteiger partial charge in [0.15, 0.2) is 0 Å². The summed E-state index contributed by atoms with van der Waals surface area (Å²) in [5.74, 6) is 0. The van der Waals surface area contributed by atoms with Gasteiger partial charge in [0.25, 0.3) is 0 Å². The normalized spacial score (nSPS) is 14.4. The number of hydrogen-bond donors (Lipinski definition) is 2. The van der Waals surface area contributed by atoms with Crippen molar-refractivity contribution in [3.05, 3.63) is 36.0 Å². The molecule has 1 heterocycles. The Labute approximate surface area is 74.2 Å². The summed E-state index contributed by atoms with van der Waals surface area (Å²) in [5, 5.41) is 1.04. The van der Waals surface area contributed by atoms with Crippen LogP contribution in [0.3, 0.4) is 0 Å². The summed E-state index contributed by atoms with van der Waals surface area (Å²) in [6, 6.07) is 7.81. The molecule has 2 rings (SSSR count). The van der Waals surface area contributed by atoms with Crippen molar-refractivity contribution in [1.29, 1.82) is 0 Å². The highest BCUT2D eigenvalue weighted by atomic mass is 14.7. The fourth-order valence-electron chi connectivity index (χ4n) is 1.39. The van der Waals surface area contributed by atoms with Crippen molar-refractivity contribution in [3.63, 3.8) is 0 Å². The standard InChI is InChI=1S/C10H12N2/c11-6-5-8-7-12-10-4-2-1-3-9(8)10/h1-4,7,12H,5-6,11H2/i6D2. The Kier molecular flexibility index (Phi) is 1.34. The number of benzene rings is 1. The average Bonchev–Trinajstić information content (AvgIpc) is 2.47. The Morgan fingerprint density at radius 2 is 2.25 bits per heavy atom. The predicted molar refractivity (Wildman–Crippen MR) is 51.1 cm³/mol. The number of aromatic amines is 1. The van der Waals surface area contributed by atoms with Crippen molar-refractivity contribution >= 4 is 10.9 Å². The van der Waals surface area contributed by atoms with Crippen molar-refractivity contribution in [2.75, 3.05) is 6.50 Å². The zero-order valence-electron chi connectivity index (χ0n) is 8.67. The Balaban J connectivity index is 2.44. The topological polar surface area (TPSA) is 41.8 Å². The third kappa shape index (κ3) is 1.10. The first-order valence-electron chi connectivity index (χ1n) is 4.90. The monoisotopic (exact) mass is 162 g/mol. The van der Waals surface area contributed by atoms with Crippen molar-refractivity contribution < 1.29 is 2.74 Å². The summed E-state index contributed by atoms with van der Waals surface area (Å²) < 4.78 is 14.6. The highest BCUT2D eigenvalue weighted by molar-refractivity contribution is 5.82. The van der Waals surface area contributed by atoms with E-state index in [-0.39, 0.29) is 6.42 Å². The molecule has 2 aromatic rings. The lowest BCUT2D eigenvalue weighted by atomic mass is 10.1. The van der Waals surface area contributed by atoms with E-state index in [2.05, 4.69) is 4.98 Å². The molecule has 2 heteroatoms. The third-order valence-electron chi connectivity index (χ3n) is 1.97. The molecule has 0 fully saturated rings. The molecule has 0 spiro atoms. The first-order valence-corrected chi connectivity index (χ1v) is 3.90. The molecule has 2 nitrogen and oxygen atoms in total. The summed E-state index contributed by atoms with van der Waals surface area (Å²) in [4.78, 5) is 3.09. The number of nitrogens with two attached hydrogens (primary N) is 1. The number of H-pyrrole nitrogens is 1. The quantitative estimate of drug-likeness (QED) is 0.693. The van der Waals surface area contributed by atoms with E-state index in [9.17, 15) is 0 Å². The van der Waals surface area contributed by atoms with Crippen LogP contribution in [0.2, 0.25) is 0 Å². The number of rotatable bonds is 2. The van der Waals surface area contributed by atoms with Crippen LogP contribution in [0.25, 0.3) is 10.9 Å². The second-order valence-corrected chi connectivity index (χ2v) is 2.74. The fourth-order valence-corrected chi connectivity index (χ4v) is 1.39. The maximum Gasteiger partial charge on any atom is 0.0456 e. The fraction of sp³-hybridized carbons (Fsp3) is 0.200. The SMILES string of the molecule is [2H]C([2H])(N)Cc1c[nH]c2ccccc12. The third-order valence-corrected chi connectivity index (χ3v) is 1.97. The van der Waals surface area contributed by atoms with E-state index in [4.69, 9.17) is 8.48 Å². The van der Waals surface area contributed by atoms with Crippen LogP contribution in [-0.2, 0) is 6.42 Å². The van der Waals surface area contributed by atoms with Gasteiger partial charge in [0, 0.05) is 19.8 Å². The smallest absolute Gasteiger partial charge is 0.0456 e. The maximum atomic E-state index is 7.31. The Hall–Kier alpha value is -1.28. The summed E-state index contributed by atoms with van der Waals surface area (Å²) in [7, 11) is 0. The molecule has 0 bridgehead atoms.